The highest BCUT2D eigenvalue weighted by Gasteiger charge is 2.37. The van der Waals surface area contributed by atoms with Gasteiger partial charge in [-0.2, -0.15) is 0 Å². The Kier molecular flexibility index (Phi) is 7.99. The third-order valence-corrected chi connectivity index (χ3v) is 0.931. The lowest BCUT2D eigenvalue weighted by Gasteiger charge is -2.15. The van der Waals surface area contributed by atoms with Gasteiger partial charge in [0.2, 0.25) is 0 Å². The molecule has 0 rings (SSSR count). The molecular formula is H7B5O11. The quantitative estimate of drug-likeness (QED) is 0.200. The molecule has 0 aliphatic rings. The van der Waals surface area contributed by atoms with Gasteiger partial charge in [-0.25, -0.2) is 0 Å². The van der Waals surface area contributed by atoms with Crippen molar-refractivity contribution in [2.45, 2.75) is 0 Å². The van der Waals surface area contributed by atoms with Crippen molar-refractivity contribution in [2.75, 3.05) is 0 Å². The van der Waals surface area contributed by atoms with Gasteiger partial charge in [-0.05, 0) is 0 Å². The smallest absolute Gasteiger partial charge is 0.403 e. The summed E-state index contributed by atoms with van der Waals surface area (Å²) in [4.78, 5) is 0. The predicted octanol–water partition coefficient (Wildman–Crippen LogP) is -6.08. The van der Waals surface area contributed by atoms with Gasteiger partial charge in [0.1, 0.15) is 0 Å². The molecule has 88 valence electrons. The first-order valence-corrected chi connectivity index (χ1v) is 3.69. The van der Waals surface area contributed by atoms with E-state index in [9.17, 15) is 0 Å². The van der Waals surface area contributed by atoms with Crippen LogP contribution in [0.1, 0.15) is 0 Å². The first-order chi connectivity index (χ1) is 7.31. The lowest BCUT2D eigenvalue weighted by atomic mass is 10.0. The Morgan fingerprint density at radius 2 is 0.875 bits per heavy atom. The standard InChI is InChI=1S/B5H7O11/c6-1(7)13-4(12)16-5(14-2(8)9)15-3(10)11/h6-12H. The van der Waals surface area contributed by atoms with Gasteiger partial charge in [0.15, 0.2) is 0 Å². The maximum atomic E-state index is 8.76. The van der Waals surface area contributed by atoms with Crippen molar-refractivity contribution in [3.63, 3.8) is 0 Å². The van der Waals surface area contributed by atoms with E-state index in [0.29, 0.717) is 0 Å². The highest BCUT2D eigenvalue weighted by atomic mass is 16.8. The second-order valence-corrected chi connectivity index (χ2v) is 2.12. The van der Waals surface area contributed by atoms with Crippen LogP contribution >= 0.6 is 0 Å². The van der Waals surface area contributed by atoms with Gasteiger partial charge >= 0.3 is 36.6 Å². The van der Waals surface area contributed by atoms with Crippen LogP contribution in [0.2, 0.25) is 0 Å². The van der Waals surface area contributed by atoms with Crippen LogP contribution in [-0.4, -0.2) is 71.8 Å². The van der Waals surface area contributed by atoms with Gasteiger partial charge in [0, 0.05) is 0 Å². The monoisotopic (exact) mass is 238 g/mol. The summed E-state index contributed by atoms with van der Waals surface area (Å²) < 4.78 is 15.8. The van der Waals surface area contributed by atoms with E-state index in [1.165, 1.54) is 0 Å². The molecule has 0 radical (unpaired) electrons. The molecule has 0 amide bonds. The summed E-state index contributed by atoms with van der Waals surface area (Å²) in [5.41, 5.74) is 0. The first kappa shape index (κ1) is 15.9. The van der Waals surface area contributed by atoms with E-state index in [0.717, 1.165) is 0 Å². The molecule has 0 heterocycles. The second kappa shape index (κ2) is 8.05. The van der Waals surface area contributed by atoms with Gasteiger partial charge in [-0.15, -0.1) is 0 Å². The molecule has 0 aromatic carbocycles. The predicted molar refractivity (Wildman–Crippen MR) is 48.6 cm³/mol. The lowest BCUT2D eigenvalue weighted by molar-refractivity contribution is 0.156. The van der Waals surface area contributed by atoms with Crippen LogP contribution in [0, 0.1) is 0 Å². The Balaban J connectivity index is 4.08. The van der Waals surface area contributed by atoms with Crippen molar-refractivity contribution in [1.82, 2.24) is 0 Å². The average Bonchev–Trinajstić information content (AvgIpc) is 1.97. The fourth-order valence-corrected chi connectivity index (χ4v) is 0.526. The van der Waals surface area contributed by atoms with Crippen molar-refractivity contribution in [1.29, 1.82) is 0 Å². The molecule has 0 fully saturated rings. The number of hydrogen-bond acceptors (Lipinski definition) is 11. The molecule has 0 spiro atoms. The molecule has 16 heavy (non-hydrogen) atoms. The molecule has 0 aromatic rings. The van der Waals surface area contributed by atoms with Crippen LogP contribution < -0.4 is 0 Å². The van der Waals surface area contributed by atoms with E-state index >= 15 is 0 Å². The van der Waals surface area contributed by atoms with E-state index in [1.807, 2.05) is 0 Å². The Labute approximate surface area is 91.0 Å². The minimum Gasteiger partial charge on any atom is -0.403 e. The topological polar surface area (TPSA) is 179 Å². The molecule has 0 aromatic heterocycles. The van der Waals surface area contributed by atoms with Gasteiger partial charge in [0.05, 0.1) is 0 Å². The van der Waals surface area contributed by atoms with Gasteiger partial charge in [0.25, 0.3) is 0 Å². The van der Waals surface area contributed by atoms with Gasteiger partial charge in [-0.3, -0.25) is 0 Å². The molecule has 0 atom stereocenters. The second-order valence-electron chi connectivity index (χ2n) is 2.12. The Morgan fingerprint density at radius 1 is 0.500 bits per heavy atom. The zero-order valence-electron chi connectivity index (χ0n) is 7.65. The Hall–Kier alpha value is -0.115. The molecular weight excluding hydrogens is 230 g/mol. The highest BCUT2D eigenvalue weighted by molar-refractivity contribution is 6.63. The molecule has 0 aliphatic carbocycles. The third kappa shape index (κ3) is 9.14. The van der Waals surface area contributed by atoms with Crippen molar-refractivity contribution < 1.29 is 53.5 Å². The van der Waals surface area contributed by atoms with Crippen LogP contribution in [0.25, 0.3) is 0 Å². The molecule has 0 saturated carbocycles. The van der Waals surface area contributed by atoms with Crippen LogP contribution in [0.15, 0.2) is 0 Å². The number of hydrogen-bond donors (Lipinski definition) is 7. The highest BCUT2D eigenvalue weighted by Crippen LogP contribution is 1.97. The molecule has 11 nitrogen and oxygen atoms in total. The van der Waals surface area contributed by atoms with E-state index in [2.05, 4.69) is 18.3 Å². The normalized spacial score (nSPS) is 9.94. The maximum Gasteiger partial charge on any atom is 0.621 e. The average molecular weight is 237 g/mol. The summed E-state index contributed by atoms with van der Waals surface area (Å²) in [6.45, 7) is 0. The Bertz CT molecular complexity index is 160. The maximum absolute atomic E-state index is 8.76. The van der Waals surface area contributed by atoms with Gasteiger partial charge in [-0.1, -0.05) is 0 Å². The number of rotatable bonds is 8. The molecule has 7 N–H and O–H groups in total. The summed E-state index contributed by atoms with van der Waals surface area (Å²) in [6, 6.07) is 0. The lowest BCUT2D eigenvalue weighted by Crippen LogP contribution is -2.45. The first-order valence-electron chi connectivity index (χ1n) is 3.69. The largest absolute Gasteiger partial charge is 0.621 e. The Morgan fingerprint density at radius 3 is 1.19 bits per heavy atom. The van der Waals surface area contributed by atoms with Crippen LogP contribution in [0.4, 0.5) is 0 Å². The minimum absolute atomic E-state index is 2.14. The molecule has 0 bridgehead atoms. The third-order valence-electron chi connectivity index (χ3n) is 0.931. The van der Waals surface area contributed by atoms with E-state index in [-0.39, 0.29) is 0 Å². The van der Waals surface area contributed by atoms with Gasteiger partial charge < -0.3 is 53.5 Å². The zero-order chi connectivity index (χ0) is 12.7. The van der Waals surface area contributed by atoms with Crippen LogP contribution in [0.3, 0.4) is 0 Å². The van der Waals surface area contributed by atoms with Crippen molar-refractivity contribution in [3.05, 3.63) is 0 Å². The summed E-state index contributed by atoms with van der Waals surface area (Å²) in [6.07, 6.45) is 0. The fourth-order valence-electron chi connectivity index (χ4n) is 0.526. The van der Waals surface area contributed by atoms with Crippen molar-refractivity contribution >= 4 is 36.6 Å². The summed E-state index contributed by atoms with van der Waals surface area (Å²) in [7, 11) is -11.6. The molecule has 0 aliphatic heterocycles. The SMILES string of the molecule is OB(O)OB(O)OB(OB(O)O)OB(O)O. The molecule has 0 unspecified atom stereocenters. The molecule has 0 saturated heterocycles. The van der Waals surface area contributed by atoms with E-state index in [4.69, 9.17) is 35.2 Å². The van der Waals surface area contributed by atoms with Crippen LogP contribution in [0.5, 0.6) is 0 Å². The minimum atomic E-state index is -2.41. The van der Waals surface area contributed by atoms with Crippen LogP contribution in [-0.2, 0) is 18.3 Å². The van der Waals surface area contributed by atoms with E-state index in [1.54, 1.807) is 0 Å². The summed E-state index contributed by atoms with van der Waals surface area (Å²) >= 11 is 0. The molecule has 16 heteroatoms. The van der Waals surface area contributed by atoms with Crippen molar-refractivity contribution in [2.24, 2.45) is 0 Å². The fraction of sp³-hybridized carbons (Fsp3) is 0. The van der Waals surface area contributed by atoms with Crippen molar-refractivity contribution in [3.8, 4) is 0 Å². The zero-order valence-corrected chi connectivity index (χ0v) is 7.65. The van der Waals surface area contributed by atoms with E-state index < -0.39 is 36.6 Å². The summed E-state index contributed by atoms with van der Waals surface area (Å²) in [5, 5.41) is 58.5. The summed E-state index contributed by atoms with van der Waals surface area (Å²) in [5.74, 6) is 0.